The van der Waals surface area contributed by atoms with Crippen molar-refractivity contribution >= 4 is 0 Å². The maximum Gasteiger partial charge on any atom is 0.127 e. The molecule has 94 valence electrons. The van der Waals surface area contributed by atoms with Gasteiger partial charge in [-0.3, -0.25) is 0 Å². The minimum absolute atomic E-state index is 0.210. The summed E-state index contributed by atoms with van der Waals surface area (Å²) in [6.07, 6.45) is 2.14. The van der Waals surface area contributed by atoms with Gasteiger partial charge in [0.25, 0.3) is 0 Å². The van der Waals surface area contributed by atoms with E-state index in [0.717, 1.165) is 36.4 Å². The van der Waals surface area contributed by atoms with Crippen LogP contribution in [0, 0.1) is 0 Å². The van der Waals surface area contributed by atoms with Gasteiger partial charge >= 0.3 is 0 Å². The van der Waals surface area contributed by atoms with Crippen molar-refractivity contribution in [1.82, 2.24) is 5.32 Å². The summed E-state index contributed by atoms with van der Waals surface area (Å²) >= 11 is 0. The Bertz CT molecular complexity index is 365. The molecule has 0 radical (unpaired) electrons. The molecule has 4 nitrogen and oxygen atoms in total. The lowest BCUT2D eigenvalue weighted by molar-refractivity contribution is 0.329. The Balaban J connectivity index is 2.54. The molecule has 0 saturated carbocycles. The topological polar surface area (TPSA) is 56.5 Å². The van der Waals surface area contributed by atoms with Crippen molar-refractivity contribution in [2.45, 2.75) is 18.4 Å². The van der Waals surface area contributed by atoms with Crippen LogP contribution in [0.4, 0.5) is 0 Å². The van der Waals surface area contributed by atoms with Crippen LogP contribution in [0.15, 0.2) is 18.2 Å². The fourth-order valence-electron chi connectivity index (χ4n) is 2.62. The SMILES string of the molecule is COc1cccc(OC)c1C1(CN)CCCN1. The maximum absolute atomic E-state index is 5.97. The lowest BCUT2D eigenvalue weighted by Crippen LogP contribution is -2.44. The van der Waals surface area contributed by atoms with E-state index in [1.807, 2.05) is 18.2 Å². The van der Waals surface area contributed by atoms with Crippen molar-refractivity contribution in [3.8, 4) is 11.5 Å². The van der Waals surface area contributed by atoms with E-state index in [9.17, 15) is 0 Å². The summed E-state index contributed by atoms with van der Waals surface area (Å²) < 4.78 is 10.9. The fourth-order valence-corrected chi connectivity index (χ4v) is 2.62. The summed E-state index contributed by atoms with van der Waals surface area (Å²) in [5.41, 5.74) is 6.81. The first-order chi connectivity index (χ1) is 8.27. The highest BCUT2D eigenvalue weighted by atomic mass is 16.5. The third-order valence-electron chi connectivity index (χ3n) is 3.50. The van der Waals surface area contributed by atoms with Crippen LogP contribution in [0.25, 0.3) is 0 Å². The van der Waals surface area contributed by atoms with Gasteiger partial charge in [0.15, 0.2) is 0 Å². The molecule has 1 unspecified atom stereocenters. The standard InChI is InChI=1S/C13H20N2O2/c1-16-10-5-3-6-11(17-2)12(10)13(9-14)7-4-8-15-13/h3,5-6,15H,4,7-9,14H2,1-2H3. The number of rotatable bonds is 4. The molecular formula is C13H20N2O2. The number of hydrogen-bond donors (Lipinski definition) is 2. The molecule has 4 heteroatoms. The second-order valence-electron chi connectivity index (χ2n) is 4.35. The normalized spacial score (nSPS) is 23.7. The molecule has 2 rings (SSSR count). The molecule has 0 aromatic heterocycles. The van der Waals surface area contributed by atoms with Crippen LogP contribution >= 0.6 is 0 Å². The Morgan fingerprint density at radius 2 is 1.94 bits per heavy atom. The van der Waals surface area contributed by atoms with Gasteiger partial charge < -0.3 is 20.5 Å². The number of ether oxygens (including phenoxy) is 2. The first-order valence-corrected chi connectivity index (χ1v) is 5.94. The quantitative estimate of drug-likeness (QED) is 0.826. The summed E-state index contributed by atoms with van der Waals surface area (Å²) in [5, 5.41) is 3.50. The second-order valence-corrected chi connectivity index (χ2v) is 4.35. The van der Waals surface area contributed by atoms with Gasteiger partial charge in [-0.25, -0.2) is 0 Å². The van der Waals surface area contributed by atoms with E-state index >= 15 is 0 Å². The zero-order valence-electron chi connectivity index (χ0n) is 10.5. The molecule has 17 heavy (non-hydrogen) atoms. The molecule has 1 aromatic rings. The second kappa shape index (κ2) is 4.94. The summed E-state index contributed by atoms with van der Waals surface area (Å²) in [4.78, 5) is 0. The number of benzene rings is 1. The molecule has 1 aromatic carbocycles. The number of nitrogens with two attached hydrogens (primary N) is 1. The number of methoxy groups -OCH3 is 2. The van der Waals surface area contributed by atoms with Gasteiger partial charge in [0.1, 0.15) is 11.5 Å². The monoisotopic (exact) mass is 236 g/mol. The molecule has 1 heterocycles. The van der Waals surface area contributed by atoms with E-state index in [2.05, 4.69) is 5.32 Å². The predicted octanol–water partition coefficient (Wildman–Crippen LogP) is 1.24. The van der Waals surface area contributed by atoms with Gasteiger partial charge in [-0.2, -0.15) is 0 Å². The Kier molecular flexibility index (Phi) is 3.54. The first-order valence-electron chi connectivity index (χ1n) is 5.94. The molecule has 0 amide bonds. The van der Waals surface area contributed by atoms with Crippen molar-refractivity contribution in [3.63, 3.8) is 0 Å². The zero-order chi connectivity index (χ0) is 12.3. The Hall–Kier alpha value is -1.26. The third-order valence-corrected chi connectivity index (χ3v) is 3.50. The van der Waals surface area contributed by atoms with E-state index in [0.29, 0.717) is 6.54 Å². The summed E-state index contributed by atoms with van der Waals surface area (Å²) in [6, 6.07) is 5.84. The largest absolute Gasteiger partial charge is 0.496 e. The molecule has 0 bridgehead atoms. The Morgan fingerprint density at radius 1 is 1.29 bits per heavy atom. The highest BCUT2D eigenvalue weighted by Gasteiger charge is 2.38. The van der Waals surface area contributed by atoms with Gasteiger partial charge in [-0.15, -0.1) is 0 Å². The molecule has 1 fully saturated rings. The van der Waals surface area contributed by atoms with E-state index < -0.39 is 0 Å². The number of nitrogens with one attached hydrogen (secondary N) is 1. The molecule has 3 N–H and O–H groups in total. The van der Waals surface area contributed by atoms with Crippen molar-refractivity contribution < 1.29 is 9.47 Å². The Morgan fingerprint density at radius 3 is 2.35 bits per heavy atom. The van der Waals surface area contributed by atoms with Crippen LogP contribution in [0.5, 0.6) is 11.5 Å². The van der Waals surface area contributed by atoms with Gasteiger partial charge in [0, 0.05) is 6.54 Å². The molecule has 0 aliphatic carbocycles. The predicted molar refractivity (Wildman–Crippen MR) is 67.5 cm³/mol. The van der Waals surface area contributed by atoms with E-state index in [1.165, 1.54) is 0 Å². The summed E-state index contributed by atoms with van der Waals surface area (Å²) in [7, 11) is 3.36. The van der Waals surface area contributed by atoms with Crippen LogP contribution in [-0.4, -0.2) is 27.3 Å². The van der Waals surface area contributed by atoms with Gasteiger partial charge in [-0.1, -0.05) is 6.07 Å². The summed E-state index contributed by atoms with van der Waals surface area (Å²) in [5.74, 6) is 1.67. The van der Waals surface area contributed by atoms with Crippen molar-refractivity contribution in [1.29, 1.82) is 0 Å². The van der Waals surface area contributed by atoms with E-state index in [-0.39, 0.29) is 5.54 Å². The highest BCUT2D eigenvalue weighted by molar-refractivity contribution is 5.50. The van der Waals surface area contributed by atoms with Crippen LogP contribution in [0.1, 0.15) is 18.4 Å². The van der Waals surface area contributed by atoms with Crippen LogP contribution in [-0.2, 0) is 5.54 Å². The molecule has 1 aliphatic heterocycles. The van der Waals surface area contributed by atoms with E-state index in [1.54, 1.807) is 14.2 Å². The summed E-state index contributed by atoms with van der Waals surface area (Å²) in [6.45, 7) is 1.53. The molecule has 1 atom stereocenters. The fraction of sp³-hybridized carbons (Fsp3) is 0.538. The van der Waals surface area contributed by atoms with Crippen molar-refractivity contribution in [2.24, 2.45) is 5.73 Å². The lowest BCUT2D eigenvalue weighted by atomic mass is 9.87. The Labute approximate surface area is 102 Å². The smallest absolute Gasteiger partial charge is 0.127 e. The van der Waals surface area contributed by atoms with Gasteiger partial charge in [-0.05, 0) is 31.5 Å². The maximum atomic E-state index is 5.97. The zero-order valence-corrected chi connectivity index (χ0v) is 10.5. The van der Waals surface area contributed by atoms with Crippen LogP contribution in [0.2, 0.25) is 0 Å². The van der Waals surface area contributed by atoms with Crippen molar-refractivity contribution in [2.75, 3.05) is 27.3 Å². The minimum Gasteiger partial charge on any atom is -0.496 e. The molecular weight excluding hydrogens is 216 g/mol. The highest BCUT2D eigenvalue weighted by Crippen LogP contribution is 2.41. The minimum atomic E-state index is -0.210. The molecule has 1 saturated heterocycles. The van der Waals surface area contributed by atoms with Crippen LogP contribution < -0.4 is 20.5 Å². The average Bonchev–Trinajstić information content (AvgIpc) is 2.87. The van der Waals surface area contributed by atoms with Gasteiger partial charge in [0.2, 0.25) is 0 Å². The van der Waals surface area contributed by atoms with E-state index in [4.69, 9.17) is 15.2 Å². The van der Waals surface area contributed by atoms with Gasteiger partial charge in [0.05, 0.1) is 25.3 Å². The number of hydrogen-bond acceptors (Lipinski definition) is 4. The van der Waals surface area contributed by atoms with Crippen molar-refractivity contribution in [3.05, 3.63) is 23.8 Å². The average molecular weight is 236 g/mol. The first kappa shape index (κ1) is 12.2. The third kappa shape index (κ3) is 1.98. The molecule has 1 aliphatic rings. The van der Waals surface area contributed by atoms with Crippen LogP contribution in [0.3, 0.4) is 0 Å². The molecule has 0 spiro atoms. The lowest BCUT2D eigenvalue weighted by Gasteiger charge is -2.31.